The number of esters is 1. The van der Waals surface area contributed by atoms with Gasteiger partial charge in [0.15, 0.2) is 0 Å². The number of imidazole rings is 1. The van der Waals surface area contributed by atoms with Crippen molar-refractivity contribution in [1.29, 1.82) is 0 Å². The Morgan fingerprint density at radius 2 is 1.73 bits per heavy atom. The number of likely N-dealkylation sites (N-methyl/N-ethyl adjacent to an activating group) is 1. The Morgan fingerprint density at radius 3 is 2.38 bits per heavy atom. The van der Waals surface area contributed by atoms with Crippen LogP contribution in [0.2, 0.25) is 0 Å². The minimum Gasteiger partial charge on any atom is -0.456 e. The van der Waals surface area contributed by atoms with Gasteiger partial charge in [-0.15, -0.1) is 0 Å². The summed E-state index contributed by atoms with van der Waals surface area (Å²) in [5.74, 6) is 0.359. The van der Waals surface area contributed by atoms with Gasteiger partial charge in [0.1, 0.15) is 18.0 Å². The fourth-order valence-electron chi connectivity index (χ4n) is 4.98. The standard InChI is InChI=1S/C32H34N4O4/c1-6-9-28-33-26-17-16-23(36-29(37)20-34(5)31(36)39)18-27(26)35(28)19-21-12-14-22(15-13-21)24-10-7-8-11-25(24)30(38)40-32(2,3)4/h7-8,10-18H,6,9,19-20H2,1-5H3. The Bertz CT molecular complexity index is 1600. The molecule has 0 unspecified atom stereocenters. The van der Waals surface area contributed by atoms with Gasteiger partial charge < -0.3 is 14.2 Å². The molecule has 0 N–H and O–H groups in total. The van der Waals surface area contributed by atoms with Crippen molar-refractivity contribution >= 4 is 34.6 Å². The number of hydrogen-bond acceptors (Lipinski definition) is 5. The van der Waals surface area contributed by atoms with Crippen LogP contribution in [0.1, 0.15) is 55.9 Å². The summed E-state index contributed by atoms with van der Waals surface area (Å²) in [4.78, 5) is 45.5. The van der Waals surface area contributed by atoms with Crippen LogP contribution in [0.25, 0.3) is 22.2 Å². The molecule has 2 heterocycles. The van der Waals surface area contributed by atoms with Crippen molar-refractivity contribution in [3.63, 3.8) is 0 Å². The first kappa shape index (κ1) is 27.1. The van der Waals surface area contributed by atoms with E-state index in [1.54, 1.807) is 19.2 Å². The SMILES string of the molecule is CCCc1nc2ccc(N3C(=O)CN(C)C3=O)cc2n1Cc1ccc(-c2ccccc2C(=O)OC(C)(C)C)cc1. The van der Waals surface area contributed by atoms with E-state index in [1.165, 1.54) is 9.80 Å². The number of amides is 3. The molecular formula is C32H34N4O4. The molecule has 206 valence electrons. The summed E-state index contributed by atoms with van der Waals surface area (Å²) in [6, 6.07) is 20.8. The number of hydrogen-bond donors (Lipinski definition) is 0. The lowest BCUT2D eigenvalue weighted by Crippen LogP contribution is -2.31. The molecule has 3 amide bonds. The number of aromatic nitrogens is 2. The van der Waals surface area contributed by atoms with E-state index < -0.39 is 5.60 Å². The Kier molecular flexibility index (Phi) is 7.19. The van der Waals surface area contributed by atoms with Crippen LogP contribution in [0.4, 0.5) is 10.5 Å². The smallest absolute Gasteiger partial charge is 0.339 e. The topological polar surface area (TPSA) is 84.7 Å². The average molecular weight is 539 g/mol. The Morgan fingerprint density at radius 1 is 1.00 bits per heavy atom. The lowest BCUT2D eigenvalue weighted by molar-refractivity contribution is -0.116. The maximum Gasteiger partial charge on any atom is 0.339 e. The van der Waals surface area contributed by atoms with Gasteiger partial charge in [-0.3, -0.25) is 4.79 Å². The molecule has 0 aliphatic carbocycles. The van der Waals surface area contributed by atoms with Crippen molar-refractivity contribution in [2.24, 2.45) is 0 Å². The van der Waals surface area contributed by atoms with E-state index in [1.807, 2.05) is 63.2 Å². The first-order valence-electron chi connectivity index (χ1n) is 13.5. The molecule has 1 saturated heterocycles. The van der Waals surface area contributed by atoms with Gasteiger partial charge in [-0.2, -0.15) is 0 Å². The molecule has 0 atom stereocenters. The van der Waals surface area contributed by atoms with Gasteiger partial charge in [-0.05, 0) is 68.1 Å². The van der Waals surface area contributed by atoms with Gasteiger partial charge in [-0.1, -0.05) is 49.4 Å². The van der Waals surface area contributed by atoms with E-state index in [9.17, 15) is 14.4 Å². The maximum atomic E-state index is 12.9. The first-order valence-corrected chi connectivity index (χ1v) is 13.5. The minimum atomic E-state index is -0.580. The van der Waals surface area contributed by atoms with Crippen LogP contribution in [0.15, 0.2) is 66.7 Å². The second kappa shape index (κ2) is 10.6. The molecule has 8 nitrogen and oxygen atoms in total. The highest BCUT2D eigenvalue weighted by molar-refractivity contribution is 6.20. The molecular weight excluding hydrogens is 504 g/mol. The van der Waals surface area contributed by atoms with Gasteiger partial charge in [-0.25, -0.2) is 19.5 Å². The van der Waals surface area contributed by atoms with Crippen molar-refractivity contribution in [2.75, 3.05) is 18.5 Å². The average Bonchev–Trinajstić information content (AvgIpc) is 3.37. The van der Waals surface area contributed by atoms with Crippen LogP contribution in [0.3, 0.4) is 0 Å². The quantitative estimate of drug-likeness (QED) is 0.211. The van der Waals surface area contributed by atoms with Crippen LogP contribution < -0.4 is 4.90 Å². The fraction of sp³-hybridized carbons (Fsp3) is 0.312. The Hall–Kier alpha value is -4.46. The number of nitrogens with zero attached hydrogens (tertiary/aromatic N) is 4. The largest absolute Gasteiger partial charge is 0.456 e. The third-order valence-electron chi connectivity index (χ3n) is 6.83. The zero-order valence-corrected chi connectivity index (χ0v) is 23.6. The van der Waals surface area contributed by atoms with E-state index in [2.05, 4.69) is 23.6 Å². The lowest BCUT2D eigenvalue weighted by atomic mass is 9.98. The number of fused-ring (bicyclic) bond motifs is 1. The van der Waals surface area contributed by atoms with E-state index in [4.69, 9.17) is 9.72 Å². The molecule has 8 heteroatoms. The Labute approximate surface area is 234 Å². The second-order valence-electron chi connectivity index (χ2n) is 11.1. The second-order valence-corrected chi connectivity index (χ2v) is 11.1. The monoisotopic (exact) mass is 538 g/mol. The highest BCUT2D eigenvalue weighted by Gasteiger charge is 2.35. The zero-order chi connectivity index (χ0) is 28.6. The molecule has 1 aliphatic heterocycles. The van der Waals surface area contributed by atoms with Crippen molar-refractivity contribution in [3.05, 3.63) is 83.7 Å². The molecule has 40 heavy (non-hydrogen) atoms. The number of carbonyl (C=O) groups is 3. The molecule has 0 spiro atoms. The van der Waals surface area contributed by atoms with E-state index in [-0.39, 0.29) is 24.5 Å². The van der Waals surface area contributed by atoms with E-state index in [0.29, 0.717) is 17.8 Å². The van der Waals surface area contributed by atoms with Gasteiger partial charge in [0.2, 0.25) is 0 Å². The third kappa shape index (κ3) is 5.34. The van der Waals surface area contributed by atoms with Gasteiger partial charge in [0.05, 0.1) is 22.3 Å². The summed E-state index contributed by atoms with van der Waals surface area (Å²) >= 11 is 0. The summed E-state index contributed by atoms with van der Waals surface area (Å²) in [5, 5.41) is 0. The number of rotatable bonds is 7. The summed E-state index contributed by atoms with van der Waals surface area (Å²) < 4.78 is 7.78. The Balaban J connectivity index is 1.47. The number of imide groups is 1. The molecule has 1 aliphatic rings. The highest BCUT2D eigenvalue weighted by Crippen LogP contribution is 2.29. The van der Waals surface area contributed by atoms with E-state index >= 15 is 0 Å². The number of benzene rings is 3. The summed E-state index contributed by atoms with van der Waals surface area (Å²) in [6.07, 6.45) is 1.74. The van der Waals surface area contributed by atoms with Gasteiger partial charge >= 0.3 is 12.0 Å². The van der Waals surface area contributed by atoms with Crippen molar-refractivity contribution in [2.45, 2.75) is 52.7 Å². The third-order valence-corrected chi connectivity index (χ3v) is 6.83. The van der Waals surface area contributed by atoms with Gasteiger partial charge in [0, 0.05) is 20.0 Å². The van der Waals surface area contributed by atoms with E-state index in [0.717, 1.165) is 46.4 Å². The normalized spacial score (nSPS) is 13.9. The van der Waals surface area contributed by atoms with Crippen molar-refractivity contribution < 1.29 is 19.1 Å². The number of aryl methyl sites for hydroxylation is 1. The van der Waals surface area contributed by atoms with Crippen LogP contribution in [-0.4, -0.2) is 51.6 Å². The highest BCUT2D eigenvalue weighted by atomic mass is 16.6. The van der Waals surface area contributed by atoms with Gasteiger partial charge in [0.25, 0.3) is 5.91 Å². The molecule has 0 radical (unpaired) electrons. The van der Waals surface area contributed by atoms with Crippen LogP contribution in [0, 0.1) is 0 Å². The molecule has 1 aromatic heterocycles. The maximum absolute atomic E-state index is 12.9. The predicted molar refractivity (Wildman–Crippen MR) is 155 cm³/mol. The van der Waals surface area contributed by atoms with Crippen molar-refractivity contribution in [3.8, 4) is 11.1 Å². The van der Waals surface area contributed by atoms with Crippen LogP contribution >= 0.6 is 0 Å². The zero-order valence-electron chi connectivity index (χ0n) is 23.6. The van der Waals surface area contributed by atoms with Crippen LogP contribution in [-0.2, 0) is 22.5 Å². The summed E-state index contributed by atoms with van der Waals surface area (Å²) in [6.45, 7) is 8.33. The number of anilines is 1. The molecule has 3 aromatic carbocycles. The number of carbonyl (C=O) groups excluding carboxylic acids is 3. The van der Waals surface area contributed by atoms with Crippen LogP contribution in [0.5, 0.6) is 0 Å². The molecule has 1 fully saturated rings. The fourth-order valence-corrected chi connectivity index (χ4v) is 4.98. The predicted octanol–water partition coefficient (Wildman–Crippen LogP) is 6.06. The lowest BCUT2D eigenvalue weighted by Gasteiger charge is -2.20. The molecule has 0 bridgehead atoms. The molecule has 5 rings (SSSR count). The summed E-state index contributed by atoms with van der Waals surface area (Å²) in [5.41, 5.74) is 4.99. The summed E-state index contributed by atoms with van der Waals surface area (Å²) in [7, 11) is 1.62. The minimum absolute atomic E-state index is 0.0701. The molecule has 0 saturated carbocycles. The van der Waals surface area contributed by atoms with Crippen molar-refractivity contribution in [1.82, 2.24) is 14.5 Å². The number of ether oxygens (including phenoxy) is 1. The first-order chi connectivity index (χ1) is 19.1. The molecule has 4 aromatic rings. The number of urea groups is 1.